The van der Waals surface area contributed by atoms with Crippen molar-refractivity contribution in [2.75, 3.05) is 11.9 Å². The molecule has 7 nitrogen and oxygen atoms in total. The molecular formula is C19H17N3O4. The Morgan fingerprint density at radius 1 is 1.08 bits per heavy atom. The Bertz CT molecular complexity index is 932. The molecule has 0 aliphatic carbocycles. The second-order valence-electron chi connectivity index (χ2n) is 5.90. The van der Waals surface area contributed by atoms with Gasteiger partial charge >= 0.3 is 0 Å². The van der Waals surface area contributed by atoms with Gasteiger partial charge in [-0.15, -0.1) is 0 Å². The minimum Gasteiger partial charge on any atom is -0.350 e. The van der Waals surface area contributed by atoms with Crippen LogP contribution in [0.4, 0.5) is 11.4 Å². The third kappa shape index (κ3) is 3.06. The van der Waals surface area contributed by atoms with Gasteiger partial charge in [0.05, 0.1) is 10.5 Å². The number of hydrogen-bond donors (Lipinski definition) is 1. The fraction of sp³-hybridized carbons (Fsp3) is 0.158. The van der Waals surface area contributed by atoms with E-state index < -0.39 is 16.7 Å². The van der Waals surface area contributed by atoms with Crippen LogP contribution in [0, 0.1) is 17.0 Å². The van der Waals surface area contributed by atoms with Gasteiger partial charge in [-0.1, -0.05) is 12.1 Å². The van der Waals surface area contributed by atoms with Crippen molar-refractivity contribution in [1.82, 2.24) is 4.90 Å². The average molecular weight is 351 g/mol. The van der Waals surface area contributed by atoms with Crippen LogP contribution < -0.4 is 5.32 Å². The number of carbonyl (C=O) groups is 2. The van der Waals surface area contributed by atoms with E-state index in [-0.39, 0.29) is 23.5 Å². The number of non-ortho nitro benzene ring substituents is 1. The van der Waals surface area contributed by atoms with Crippen LogP contribution in [0.3, 0.4) is 0 Å². The number of nitro groups is 1. The summed E-state index contributed by atoms with van der Waals surface area (Å²) in [5.41, 5.74) is 2.48. The van der Waals surface area contributed by atoms with Gasteiger partial charge in [0.15, 0.2) is 0 Å². The number of nitrogens with zero attached hydrogens (tertiary/aromatic N) is 2. The number of likely N-dealkylation sites (N-methyl/N-ethyl adjacent to an activating group) is 1. The molecule has 1 aliphatic heterocycles. The van der Waals surface area contributed by atoms with Crippen LogP contribution in [0.2, 0.25) is 0 Å². The van der Waals surface area contributed by atoms with Crippen molar-refractivity contribution in [3.05, 3.63) is 75.5 Å². The lowest BCUT2D eigenvalue weighted by Gasteiger charge is -2.12. The Morgan fingerprint density at radius 2 is 1.77 bits per heavy atom. The lowest BCUT2D eigenvalue weighted by Crippen LogP contribution is -2.32. The molecule has 7 heteroatoms. The molecule has 0 radical (unpaired) electrons. The monoisotopic (exact) mass is 351 g/mol. The topological polar surface area (TPSA) is 92.6 Å². The highest BCUT2D eigenvalue weighted by Gasteiger charge is 2.38. The van der Waals surface area contributed by atoms with Crippen molar-refractivity contribution in [3.63, 3.8) is 0 Å². The summed E-state index contributed by atoms with van der Waals surface area (Å²) in [6.07, 6.45) is 0. The zero-order chi connectivity index (χ0) is 18.8. The van der Waals surface area contributed by atoms with E-state index in [0.717, 1.165) is 10.5 Å². The number of amides is 2. The van der Waals surface area contributed by atoms with Crippen molar-refractivity contribution in [2.45, 2.75) is 13.8 Å². The summed E-state index contributed by atoms with van der Waals surface area (Å²) in [7, 11) is 0. The Balaban J connectivity index is 2.08. The van der Waals surface area contributed by atoms with Crippen molar-refractivity contribution in [3.8, 4) is 0 Å². The van der Waals surface area contributed by atoms with Gasteiger partial charge in [-0.05, 0) is 49.2 Å². The van der Waals surface area contributed by atoms with E-state index in [9.17, 15) is 19.7 Å². The smallest absolute Gasteiger partial charge is 0.278 e. The number of nitrogens with one attached hydrogen (secondary N) is 1. The Morgan fingerprint density at radius 3 is 2.35 bits per heavy atom. The molecule has 0 spiro atoms. The van der Waals surface area contributed by atoms with E-state index in [1.165, 1.54) is 24.3 Å². The van der Waals surface area contributed by atoms with Crippen LogP contribution in [-0.4, -0.2) is 28.2 Å². The summed E-state index contributed by atoms with van der Waals surface area (Å²) < 4.78 is 0. The first-order chi connectivity index (χ1) is 12.4. The molecule has 132 valence electrons. The average Bonchev–Trinajstić information content (AvgIpc) is 2.85. The number of hydrogen-bond acceptors (Lipinski definition) is 5. The van der Waals surface area contributed by atoms with Gasteiger partial charge < -0.3 is 5.32 Å². The van der Waals surface area contributed by atoms with E-state index in [0.29, 0.717) is 11.3 Å². The van der Waals surface area contributed by atoms with Crippen LogP contribution in [0.5, 0.6) is 0 Å². The number of benzene rings is 2. The number of anilines is 1. The fourth-order valence-electron chi connectivity index (χ4n) is 2.86. The number of rotatable bonds is 5. The van der Waals surface area contributed by atoms with Crippen LogP contribution >= 0.6 is 0 Å². The predicted molar refractivity (Wildman–Crippen MR) is 97.2 cm³/mol. The van der Waals surface area contributed by atoms with Crippen molar-refractivity contribution >= 4 is 28.8 Å². The van der Waals surface area contributed by atoms with Gasteiger partial charge in [0.2, 0.25) is 0 Å². The molecule has 1 N–H and O–H groups in total. The zero-order valence-corrected chi connectivity index (χ0v) is 14.4. The first-order valence-electron chi connectivity index (χ1n) is 8.11. The summed E-state index contributed by atoms with van der Waals surface area (Å²) >= 11 is 0. The maximum Gasteiger partial charge on any atom is 0.278 e. The molecule has 0 unspecified atom stereocenters. The first-order valence-corrected chi connectivity index (χ1v) is 8.11. The lowest BCUT2D eigenvalue weighted by atomic mass is 10.0. The summed E-state index contributed by atoms with van der Waals surface area (Å²) in [5, 5.41) is 13.9. The van der Waals surface area contributed by atoms with Crippen molar-refractivity contribution in [2.24, 2.45) is 0 Å². The van der Waals surface area contributed by atoms with Gasteiger partial charge in [0.25, 0.3) is 17.5 Å². The van der Waals surface area contributed by atoms with Crippen molar-refractivity contribution in [1.29, 1.82) is 0 Å². The highest BCUT2D eigenvalue weighted by molar-refractivity contribution is 6.36. The largest absolute Gasteiger partial charge is 0.350 e. The predicted octanol–water partition coefficient (Wildman–Crippen LogP) is 3.12. The minimum atomic E-state index is -0.510. The molecule has 0 atom stereocenters. The van der Waals surface area contributed by atoms with Gasteiger partial charge in [0, 0.05) is 24.4 Å². The number of carbonyl (C=O) groups excluding carboxylic acids is 2. The highest BCUT2D eigenvalue weighted by atomic mass is 16.6. The zero-order valence-electron chi connectivity index (χ0n) is 14.4. The quantitative estimate of drug-likeness (QED) is 0.507. The molecule has 0 aromatic heterocycles. The molecule has 1 heterocycles. The standard InChI is InChI=1S/C19H17N3O4/c1-3-21-18(23)16(13-7-9-15(10-8-13)22(25)26)17(19(21)24)20-14-6-4-5-12(2)11-14/h4-11,20H,3H2,1-2H3. The Labute approximate surface area is 150 Å². The second-order valence-corrected chi connectivity index (χ2v) is 5.90. The molecule has 0 bridgehead atoms. The first kappa shape index (κ1) is 17.3. The van der Waals surface area contributed by atoms with E-state index >= 15 is 0 Å². The highest BCUT2D eigenvalue weighted by Crippen LogP contribution is 2.31. The fourth-order valence-corrected chi connectivity index (χ4v) is 2.86. The van der Waals surface area contributed by atoms with Crippen LogP contribution in [0.25, 0.3) is 5.57 Å². The molecule has 0 saturated heterocycles. The second kappa shape index (κ2) is 6.79. The molecule has 26 heavy (non-hydrogen) atoms. The SMILES string of the molecule is CCN1C(=O)C(Nc2cccc(C)c2)=C(c2ccc([N+](=O)[O-])cc2)C1=O. The third-order valence-corrected chi connectivity index (χ3v) is 4.14. The normalized spacial score (nSPS) is 14.2. The van der Waals surface area contributed by atoms with E-state index in [1.54, 1.807) is 13.0 Å². The van der Waals surface area contributed by atoms with Crippen molar-refractivity contribution < 1.29 is 14.5 Å². The summed E-state index contributed by atoms with van der Waals surface area (Å²) in [6, 6.07) is 13.1. The lowest BCUT2D eigenvalue weighted by molar-refractivity contribution is -0.384. The summed E-state index contributed by atoms with van der Waals surface area (Å²) in [5.74, 6) is -0.825. The molecule has 2 amide bonds. The van der Waals surface area contributed by atoms with Crippen LogP contribution in [0.1, 0.15) is 18.1 Å². The number of aryl methyl sites for hydroxylation is 1. The minimum absolute atomic E-state index is 0.0772. The molecule has 2 aromatic carbocycles. The Hall–Kier alpha value is -3.48. The van der Waals surface area contributed by atoms with Crippen LogP contribution in [-0.2, 0) is 9.59 Å². The number of imide groups is 1. The van der Waals surface area contributed by atoms with Crippen LogP contribution in [0.15, 0.2) is 54.2 Å². The van der Waals surface area contributed by atoms with E-state index in [4.69, 9.17) is 0 Å². The maximum atomic E-state index is 12.7. The van der Waals surface area contributed by atoms with Gasteiger partial charge in [-0.3, -0.25) is 24.6 Å². The Kier molecular flexibility index (Phi) is 4.53. The van der Waals surface area contributed by atoms with Gasteiger partial charge in [0.1, 0.15) is 5.70 Å². The molecule has 0 saturated carbocycles. The molecule has 2 aromatic rings. The molecule has 3 rings (SSSR count). The summed E-state index contributed by atoms with van der Waals surface area (Å²) in [6.45, 7) is 3.89. The van der Waals surface area contributed by atoms with E-state index in [2.05, 4.69) is 5.32 Å². The molecule has 1 aliphatic rings. The number of nitro benzene ring substituents is 1. The molecule has 0 fully saturated rings. The summed E-state index contributed by atoms with van der Waals surface area (Å²) in [4.78, 5) is 36.9. The van der Waals surface area contributed by atoms with Gasteiger partial charge in [-0.25, -0.2) is 0 Å². The maximum absolute atomic E-state index is 12.7. The molecular weight excluding hydrogens is 334 g/mol. The van der Waals surface area contributed by atoms with E-state index in [1.807, 2.05) is 25.1 Å². The third-order valence-electron chi connectivity index (χ3n) is 4.14. The van der Waals surface area contributed by atoms with Gasteiger partial charge in [-0.2, -0.15) is 0 Å².